The monoisotopic (exact) mass is 321 g/mol. The van der Waals surface area contributed by atoms with Crippen LogP contribution in [0, 0.1) is 6.07 Å². The Bertz CT molecular complexity index is 235. The minimum Gasteiger partial charge on any atom is -0.369 e. The molecule has 0 aromatic heterocycles. The molecule has 1 aromatic rings. The van der Waals surface area contributed by atoms with Crippen LogP contribution in [0.4, 0.5) is 5.69 Å². The van der Waals surface area contributed by atoms with Gasteiger partial charge in [-0.1, -0.05) is 12.1 Å². The van der Waals surface area contributed by atoms with Gasteiger partial charge in [0.1, 0.15) is 0 Å². The van der Waals surface area contributed by atoms with E-state index in [1.807, 2.05) is 12.1 Å². The number of nitrogens with zero attached hydrogens (tertiary/aromatic N) is 1. The first-order valence-electron chi connectivity index (χ1n) is 4.38. The zero-order chi connectivity index (χ0) is 8.23. The molecule has 1 aliphatic heterocycles. The zero-order valence-electron chi connectivity index (χ0n) is 7.90. The Morgan fingerprint density at radius 3 is 2.21 bits per heavy atom. The molecule has 2 nitrogen and oxygen atoms in total. The zero-order valence-corrected chi connectivity index (χ0v) is 11.3. The maximum atomic E-state index is 3.33. The normalized spacial score (nSPS) is 15.3. The van der Waals surface area contributed by atoms with E-state index in [0.717, 1.165) is 26.2 Å². The molecule has 1 N–H and O–H groups in total. The molecule has 0 amide bonds. The van der Waals surface area contributed by atoms with Crippen molar-refractivity contribution >= 4 is 39.7 Å². The molecule has 0 unspecified atom stereocenters. The summed E-state index contributed by atoms with van der Waals surface area (Å²) in [6.07, 6.45) is 0. The van der Waals surface area contributed by atoms with Crippen LogP contribution in [0.25, 0.3) is 0 Å². The summed E-state index contributed by atoms with van der Waals surface area (Å²) in [5.74, 6) is 0. The lowest BCUT2D eigenvalue weighted by Crippen LogP contribution is -2.43. The number of halogens is 2. The summed E-state index contributed by atoms with van der Waals surface area (Å²) in [5, 5.41) is 3.33. The first-order valence-corrected chi connectivity index (χ1v) is 4.38. The van der Waals surface area contributed by atoms with E-state index < -0.39 is 0 Å². The Morgan fingerprint density at radius 1 is 1.07 bits per heavy atom. The summed E-state index contributed by atoms with van der Waals surface area (Å²) < 4.78 is 0. The number of nitrogens with one attached hydrogen (secondary N) is 1. The highest BCUT2D eigenvalue weighted by Crippen LogP contribution is 2.12. The van der Waals surface area contributed by atoms with Crippen molar-refractivity contribution in [3.63, 3.8) is 0 Å². The first-order chi connectivity index (χ1) is 5.97. The second kappa shape index (κ2) is 7.26. The van der Waals surface area contributed by atoms with Crippen molar-refractivity contribution in [2.45, 2.75) is 0 Å². The average molecular weight is 323 g/mol. The predicted molar refractivity (Wildman–Crippen MR) is 71.0 cm³/mol. The van der Waals surface area contributed by atoms with Gasteiger partial charge in [-0.3, -0.25) is 0 Å². The molecule has 1 aliphatic rings. The van der Waals surface area contributed by atoms with Gasteiger partial charge in [0.25, 0.3) is 0 Å². The lowest BCUT2D eigenvalue weighted by molar-refractivity contribution is 0.589. The van der Waals surface area contributed by atoms with Crippen LogP contribution in [0.5, 0.6) is 0 Å². The molecule has 1 aromatic carbocycles. The quantitative estimate of drug-likeness (QED) is 0.851. The van der Waals surface area contributed by atoms with Crippen LogP contribution in [0.3, 0.4) is 0 Å². The maximum absolute atomic E-state index is 3.33. The summed E-state index contributed by atoms with van der Waals surface area (Å²) in [6.45, 7) is 4.42. The minimum atomic E-state index is 0. The van der Waals surface area contributed by atoms with E-state index in [2.05, 4.69) is 28.4 Å². The van der Waals surface area contributed by atoms with Gasteiger partial charge in [0.05, 0.1) is 0 Å². The van der Waals surface area contributed by atoms with Crippen LogP contribution in [0.2, 0.25) is 0 Å². The first kappa shape index (κ1) is 13.9. The molecule has 0 aliphatic carbocycles. The van der Waals surface area contributed by atoms with Gasteiger partial charge in [0.15, 0.2) is 0 Å². The Balaban J connectivity index is 0.000000845. The molecule has 1 radical (unpaired) electrons. The Morgan fingerprint density at radius 2 is 1.64 bits per heavy atom. The van der Waals surface area contributed by atoms with E-state index in [0.29, 0.717) is 0 Å². The third kappa shape index (κ3) is 3.59. The highest BCUT2D eigenvalue weighted by molar-refractivity contribution is 8.93. The van der Waals surface area contributed by atoms with Gasteiger partial charge in [-0.2, -0.15) is 0 Å². The Labute approximate surface area is 106 Å². The molecule has 1 heterocycles. The van der Waals surface area contributed by atoms with Crippen molar-refractivity contribution in [2.24, 2.45) is 0 Å². The Kier molecular flexibility index (Phi) is 7.23. The van der Waals surface area contributed by atoms with Crippen LogP contribution in [-0.4, -0.2) is 26.2 Å². The SMILES string of the molecule is Br.Br.[c]1ccc(N2CCNCC2)cc1. The second-order valence-electron chi connectivity index (χ2n) is 3.00. The average Bonchev–Trinajstić information content (AvgIpc) is 2.21. The van der Waals surface area contributed by atoms with Crippen molar-refractivity contribution in [1.29, 1.82) is 0 Å². The largest absolute Gasteiger partial charge is 0.369 e. The molecule has 1 saturated heterocycles. The number of anilines is 1. The van der Waals surface area contributed by atoms with E-state index in [9.17, 15) is 0 Å². The van der Waals surface area contributed by atoms with Crippen molar-refractivity contribution in [3.8, 4) is 0 Å². The van der Waals surface area contributed by atoms with E-state index in [1.54, 1.807) is 0 Å². The smallest absolute Gasteiger partial charge is 0.0367 e. The molecule has 2 rings (SSSR count). The minimum absolute atomic E-state index is 0. The van der Waals surface area contributed by atoms with Gasteiger partial charge >= 0.3 is 0 Å². The van der Waals surface area contributed by atoms with Crippen molar-refractivity contribution in [2.75, 3.05) is 31.1 Å². The third-order valence-corrected chi connectivity index (χ3v) is 2.18. The van der Waals surface area contributed by atoms with E-state index in [1.165, 1.54) is 5.69 Å². The van der Waals surface area contributed by atoms with Gasteiger partial charge in [-0.25, -0.2) is 0 Å². The highest BCUT2D eigenvalue weighted by atomic mass is 79.9. The summed E-state index contributed by atoms with van der Waals surface area (Å²) in [4.78, 5) is 2.39. The number of hydrogen-bond acceptors (Lipinski definition) is 2. The highest BCUT2D eigenvalue weighted by Gasteiger charge is 2.08. The van der Waals surface area contributed by atoms with Crippen LogP contribution >= 0.6 is 34.0 Å². The van der Waals surface area contributed by atoms with Gasteiger partial charge in [0.2, 0.25) is 0 Å². The number of benzene rings is 1. The van der Waals surface area contributed by atoms with Crippen LogP contribution in [0.1, 0.15) is 0 Å². The summed E-state index contributed by atoms with van der Waals surface area (Å²) in [6, 6.07) is 11.2. The lowest BCUT2D eigenvalue weighted by atomic mass is 10.2. The molecule has 1 fully saturated rings. The molecule has 0 bridgehead atoms. The topological polar surface area (TPSA) is 15.3 Å². The summed E-state index contributed by atoms with van der Waals surface area (Å²) in [7, 11) is 0. The van der Waals surface area contributed by atoms with Crippen LogP contribution in [-0.2, 0) is 0 Å². The maximum Gasteiger partial charge on any atom is 0.0367 e. The van der Waals surface area contributed by atoms with Crippen LogP contribution < -0.4 is 10.2 Å². The molecule has 14 heavy (non-hydrogen) atoms. The molecule has 4 heteroatoms. The fourth-order valence-electron chi connectivity index (χ4n) is 1.51. The second-order valence-corrected chi connectivity index (χ2v) is 3.00. The van der Waals surface area contributed by atoms with E-state index in [-0.39, 0.29) is 34.0 Å². The Hall–Kier alpha value is -0.0600. The molecule has 79 valence electrons. The third-order valence-electron chi connectivity index (χ3n) is 2.18. The lowest BCUT2D eigenvalue weighted by Gasteiger charge is -2.29. The van der Waals surface area contributed by atoms with Gasteiger partial charge < -0.3 is 10.2 Å². The van der Waals surface area contributed by atoms with Crippen molar-refractivity contribution < 1.29 is 0 Å². The predicted octanol–water partition coefficient (Wildman–Crippen LogP) is 2.05. The molecule has 0 atom stereocenters. The van der Waals surface area contributed by atoms with E-state index in [4.69, 9.17) is 0 Å². The number of piperazine rings is 1. The van der Waals surface area contributed by atoms with Gasteiger partial charge in [-0.15, -0.1) is 34.0 Å². The summed E-state index contributed by atoms with van der Waals surface area (Å²) >= 11 is 0. The van der Waals surface area contributed by atoms with Gasteiger partial charge in [0, 0.05) is 31.9 Å². The molecular weight excluding hydrogens is 308 g/mol. The molecule has 0 saturated carbocycles. The van der Waals surface area contributed by atoms with Crippen molar-refractivity contribution in [1.82, 2.24) is 5.32 Å². The fraction of sp³-hybridized carbons (Fsp3) is 0.400. The van der Waals surface area contributed by atoms with Crippen LogP contribution in [0.15, 0.2) is 24.3 Å². The summed E-state index contributed by atoms with van der Waals surface area (Å²) in [5.41, 5.74) is 1.32. The molecular formula is C10H15Br2N2. The van der Waals surface area contributed by atoms with Crippen molar-refractivity contribution in [3.05, 3.63) is 30.3 Å². The van der Waals surface area contributed by atoms with Gasteiger partial charge in [-0.05, 0) is 18.2 Å². The van der Waals surface area contributed by atoms with E-state index >= 15 is 0 Å². The number of rotatable bonds is 1. The number of hydrogen-bond donors (Lipinski definition) is 1. The standard InChI is InChI=1S/C10H13N2.2BrH/c1-2-4-10(5-3-1)12-8-6-11-7-9-12;;/h2-5,11H,6-9H2;2*1H. The fourth-order valence-corrected chi connectivity index (χ4v) is 1.51. The molecule has 0 spiro atoms.